The summed E-state index contributed by atoms with van der Waals surface area (Å²) in [4.78, 5) is 20.1. The van der Waals surface area contributed by atoms with E-state index in [9.17, 15) is 8.78 Å². The summed E-state index contributed by atoms with van der Waals surface area (Å²) in [6.07, 6.45) is -0.398. The van der Waals surface area contributed by atoms with Crippen molar-refractivity contribution < 1.29 is 18.3 Å². The molecule has 0 amide bonds. The number of anilines is 1. The molecule has 5 rings (SSSR count). The molecule has 0 saturated carbocycles. The van der Waals surface area contributed by atoms with Gasteiger partial charge in [0.2, 0.25) is 5.95 Å². The van der Waals surface area contributed by atoms with Gasteiger partial charge in [0.15, 0.2) is 11.9 Å². The van der Waals surface area contributed by atoms with Crippen molar-refractivity contribution >= 4 is 17.1 Å². The SMILES string of the molecule is Cc1nc2nc(N3CC4OC[C@H](C3)O4)nc(-c3ccc(F)cc3F)c2nc1C. The molecular formula is C19H17F2N5O2. The summed E-state index contributed by atoms with van der Waals surface area (Å²) >= 11 is 0. The van der Waals surface area contributed by atoms with E-state index < -0.39 is 11.6 Å². The third kappa shape index (κ3) is 2.87. The van der Waals surface area contributed by atoms with Crippen LogP contribution in [0.5, 0.6) is 0 Å². The van der Waals surface area contributed by atoms with Gasteiger partial charge in [0, 0.05) is 18.2 Å². The highest BCUT2D eigenvalue weighted by atomic mass is 19.1. The Labute approximate surface area is 159 Å². The van der Waals surface area contributed by atoms with Crippen LogP contribution in [0, 0.1) is 25.5 Å². The minimum absolute atomic E-state index is 0.0603. The van der Waals surface area contributed by atoms with E-state index >= 15 is 0 Å². The molecule has 0 radical (unpaired) electrons. The molecule has 2 aromatic heterocycles. The van der Waals surface area contributed by atoms with Gasteiger partial charge in [-0.05, 0) is 26.0 Å². The quantitative estimate of drug-likeness (QED) is 0.671. The Morgan fingerprint density at radius 3 is 2.64 bits per heavy atom. The Balaban J connectivity index is 1.71. The van der Waals surface area contributed by atoms with E-state index in [1.54, 1.807) is 0 Å². The normalized spacial score (nSPS) is 21.5. The molecule has 1 unspecified atom stereocenters. The predicted molar refractivity (Wildman–Crippen MR) is 96.8 cm³/mol. The lowest BCUT2D eigenvalue weighted by molar-refractivity contribution is -0.0628. The molecule has 144 valence electrons. The average Bonchev–Trinajstić information content (AvgIpc) is 3.00. The third-order valence-corrected chi connectivity index (χ3v) is 5.01. The van der Waals surface area contributed by atoms with Crippen LogP contribution in [0.3, 0.4) is 0 Å². The van der Waals surface area contributed by atoms with Crippen molar-refractivity contribution in [1.29, 1.82) is 0 Å². The zero-order valence-corrected chi connectivity index (χ0v) is 15.3. The van der Waals surface area contributed by atoms with Crippen LogP contribution in [0.2, 0.25) is 0 Å². The molecule has 2 atom stereocenters. The van der Waals surface area contributed by atoms with Gasteiger partial charge in [-0.25, -0.2) is 23.7 Å². The van der Waals surface area contributed by atoms with Crippen molar-refractivity contribution in [2.75, 3.05) is 24.6 Å². The van der Waals surface area contributed by atoms with E-state index in [0.29, 0.717) is 42.5 Å². The number of halogens is 2. The first-order valence-electron chi connectivity index (χ1n) is 8.98. The number of ether oxygens (including phenoxy) is 2. The Bertz CT molecular complexity index is 1080. The number of hydrogen-bond donors (Lipinski definition) is 0. The molecule has 2 fully saturated rings. The summed E-state index contributed by atoms with van der Waals surface area (Å²) < 4.78 is 39.2. The number of nitrogens with zero attached hydrogens (tertiary/aromatic N) is 5. The van der Waals surface area contributed by atoms with Gasteiger partial charge in [0.1, 0.15) is 28.9 Å². The minimum Gasteiger partial charge on any atom is -0.348 e. The number of benzene rings is 1. The highest BCUT2D eigenvalue weighted by Crippen LogP contribution is 2.31. The lowest BCUT2D eigenvalue weighted by Gasteiger charge is -2.30. The van der Waals surface area contributed by atoms with Crippen molar-refractivity contribution in [1.82, 2.24) is 19.9 Å². The third-order valence-electron chi connectivity index (χ3n) is 5.01. The number of fused-ring (bicyclic) bond motifs is 3. The first kappa shape index (κ1) is 17.3. The van der Waals surface area contributed by atoms with Crippen LogP contribution in [-0.2, 0) is 9.47 Å². The fraction of sp³-hybridized carbons (Fsp3) is 0.368. The fourth-order valence-corrected chi connectivity index (χ4v) is 3.47. The highest BCUT2D eigenvalue weighted by molar-refractivity contribution is 5.88. The number of rotatable bonds is 2. The second-order valence-electron chi connectivity index (χ2n) is 6.99. The van der Waals surface area contributed by atoms with Crippen LogP contribution in [-0.4, -0.2) is 52.0 Å². The molecular weight excluding hydrogens is 368 g/mol. The van der Waals surface area contributed by atoms with Gasteiger partial charge in [0.25, 0.3) is 0 Å². The van der Waals surface area contributed by atoms with Crippen LogP contribution in [0.4, 0.5) is 14.7 Å². The molecule has 0 spiro atoms. The summed E-state index contributed by atoms with van der Waals surface area (Å²) in [7, 11) is 0. The van der Waals surface area contributed by atoms with Crippen LogP contribution in [0.1, 0.15) is 11.4 Å². The molecule has 2 aliphatic rings. The lowest BCUT2D eigenvalue weighted by Crippen LogP contribution is -2.44. The van der Waals surface area contributed by atoms with Crippen LogP contribution in [0.25, 0.3) is 22.4 Å². The Kier molecular flexibility index (Phi) is 3.95. The number of aryl methyl sites for hydroxylation is 2. The maximum Gasteiger partial charge on any atom is 0.228 e. The standard InChI is InChI=1S/C19H17F2N5O2/c1-9-10(2)23-18-17(22-9)16(13-4-3-11(20)5-14(13)21)24-19(25-18)26-6-12-8-27-15(7-26)28-12/h3-5,12,15H,6-8H2,1-2H3/t12-,15?/m0/s1. The van der Waals surface area contributed by atoms with Gasteiger partial charge in [-0.15, -0.1) is 0 Å². The van der Waals surface area contributed by atoms with E-state index in [4.69, 9.17) is 9.47 Å². The molecule has 4 heterocycles. The van der Waals surface area contributed by atoms with Gasteiger partial charge < -0.3 is 14.4 Å². The van der Waals surface area contributed by atoms with E-state index in [0.717, 1.165) is 11.8 Å². The number of morpholine rings is 1. The molecule has 1 aromatic carbocycles. The van der Waals surface area contributed by atoms with Gasteiger partial charge in [-0.2, -0.15) is 4.98 Å². The van der Waals surface area contributed by atoms with E-state index in [1.165, 1.54) is 12.1 Å². The van der Waals surface area contributed by atoms with Crippen molar-refractivity contribution in [3.8, 4) is 11.3 Å². The van der Waals surface area contributed by atoms with Gasteiger partial charge in [-0.1, -0.05) is 0 Å². The summed E-state index contributed by atoms with van der Waals surface area (Å²) in [5.74, 6) is -0.969. The van der Waals surface area contributed by atoms with Crippen molar-refractivity contribution in [2.45, 2.75) is 26.2 Å². The summed E-state index contributed by atoms with van der Waals surface area (Å²) in [6, 6.07) is 3.39. The molecule has 9 heteroatoms. The first-order valence-corrected chi connectivity index (χ1v) is 8.98. The monoisotopic (exact) mass is 385 g/mol. The van der Waals surface area contributed by atoms with E-state index in [1.807, 2.05) is 18.7 Å². The van der Waals surface area contributed by atoms with E-state index in [2.05, 4.69) is 19.9 Å². The average molecular weight is 385 g/mol. The maximum absolute atomic E-state index is 14.5. The summed E-state index contributed by atoms with van der Waals surface area (Å²) in [5, 5.41) is 0. The zero-order chi connectivity index (χ0) is 19.4. The molecule has 28 heavy (non-hydrogen) atoms. The van der Waals surface area contributed by atoms with Crippen molar-refractivity contribution in [3.63, 3.8) is 0 Å². The second-order valence-corrected chi connectivity index (χ2v) is 6.99. The molecule has 3 aromatic rings. The Morgan fingerprint density at radius 2 is 1.86 bits per heavy atom. The first-order chi connectivity index (χ1) is 13.5. The van der Waals surface area contributed by atoms with Gasteiger partial charge in [0.05, 0.1) is 24.5 Å². The van der Waals surface area contributed by atoms with E-state index in [-0.39, 0.29) is 23.7 Å². The number of hydrogen-bond acceptors (Lipinski definition) is 7. The molecule has 0 aliphatic carbocycles. The predicted octanol–water partition coefficient (Wildman–Crippen LogP) is 2.54. The smallest absolute Gasteiger partial charge is 0.228 e. The summed E-state index contributed by atoms with van der Waals surface area (Å²) in [5.41, 5.74) is 2.61. The topological polar surface area (TPSA) is 73.3 Å². The molecule has 0 N–H and O–H groups in total. The Morgan fingerprint density at radius 1 is 1.04 bits per heavy atom. The molecule has 2 bridgehead atoms. The second kappa shape index (κ2) is 6.39. The van der Waals surface area contributed by atoms with Gasteiger partial charge in [-0.3, -0.25) is 0 Å². The van der Waals surface area contributed by atoms with Crippen LogP contribution < -0.4 is 4.90 Å². The number of aromatic nitrogens is 4. The molecule has 2 saturated heterocycles. The highest BCUT2D eigenvalue weighted by Gasteiger charge is 2.36. The Hall–Kier alpha value is -2.78. The molecule has 7 nitrogen and oxygen atoms in total. The van der Waals surface area contributed by atoms with Crippen molar-refractivity contribution in [3.05, 3.63) is 41.2 Å². The maximum atomic E-state index is 14.5. The van der Waals surface area contributed by atoms with Crippen LogP contribution in [0.15, 0.2) is 18.2 Å². The fourth-order valence-electron chi connectivity index (χ4n) is 3.47. The minimum atomic E-state index is -0.712. The van der Waals surface area contributed by atoms with Crippen molar-refractivity contribution in [2.24, 2.45) is 0 Å². The van der Waals surface area contributed by atoms with Crippen LogP contribution >= 0.6 is 0 Å². The summed E-state index contributed by atoms with van der Waals surface area (Å²) in [6.45, 7) is 5.20. The zero-order valence-electron chi connectivity index (χ0n) is 15.3. The van der Waals surface area contributed by atoms with Gasteiger partial charge >= 0.3 is 0 Å². The lowest BCUT2D eigenvalue weighted by atomic mass is 10.1. The molecule has 2 aliphatic heterocycles. The largest absolute Gasteiger partial charge is 0.348 e.